The summed E-state index contributed by atoms with van der Waals surface area (Å²) in [5, 5.41) is 7.67. The molecule has 1 fully saturated rings. The van der Waals surface area contributed by atoms with Gasteiger partial charge in [0.1, 0.15) is 6.04 Å². The lowest BCUT2D eigenvalue weighted by atomic mass is 10.0. The number of carbonyl (C=O) groups excluding carboxylic acids is 3. The first-order chi connectivity index (χ1) is 13.5. The van der Waals surface area contributed by atoms with Gasteiger partial charge in [0.25, 0.3) is 5.91 Å². The molecule has 1 saturated heterocycles. The Balaban J connectivity index is 1.76. The lowest BCUT2D eigenvalue weighted by molar-refractivity contribution is -0.121. The first-order valence-corrected chi connectivity index (χ1v) is 10.4. The van der Waals surface area contributed by atoms with E-state index in [1.54, 1.807) is 24.0 Å². The van der Waals surface area contributed by atoms with Crippen LogP contribution in [0.25, 0.3) is 0 Å². The number of rotatable bonds is 5. The summed E-state index contributed by atoms with van der Waals surface area (Å²) in [7, 11) is 0. The number of carbonyl (C=O) groups is 3. The van der Waals surface area contributed by atoms with Crippen LogP contribution in [0.15, 0.2) is 35.7 Å². The molecule has 6 nitrogen and oxygen atoms in total. The number of hydrogen-bond acceptors (Lipinski definition) is 4. The fourth-order valence-electron chi connectivity index (χ4n) is 3.35. The van der Waals surface area contributed by atoms with Crippen molar-refractivity contribution in [3.63, 3.8) is 0 Å². The maximum Gasteiger partial charge on any atom is 0.264 e. The van der Waals surface area contributed by atoms with Crippen LogP contribution in [0.2, 0.25) is 0 Å². The summed E-state index contributed by atoms with van der Waals surface area (Å²) in [6.07, 6.45) is 2.85. The van der Waals surface area contributed by atoms with Crippen LogP contribution in [0, 0.1) is 6.92 Å². The smallest absolute Gasteiger partial charge is 0.264 e. The summed E-state index contributed by atoms with van der Waals surface area (Å²) in [4.78, 5) is 39.9. The third-order valence-electron chi connectivity index (χ3n) is 4.99. The number of piperidine rings is 1. The van der Waals surface area contributed by atoms with Crippen molar-refractivity contribution in [3.05, 3.63) is 46.2 Å². The van der Waals surface area contributed by atoms with E-state index in [1.807, 2.05) is 30.5 Å². The number of amides is 3. The molecule has 2 N–H and O–H groups in total. The Morgan fingerprint density at radius 3 is 2.54 bits per heavy atom. The molecule has 3 rings (SSSR count). The summed E-state index contributed by atoms with van der Waals surface area (Å²) in [6, 6.07) is 8.56. The van der Waals surface area contributed by atoms with E-state index >= 15 is 0 Å². The normalized spacial score (nSPS) is 16.5. The molecule has 3 amide bonds. The number of likely N-dealkylation sites (tertiary alicyclic amines) is 1. The van der Waals surface area contributed by atoms with Gasteiger partial charge in [0.2, 0.25) is 11.8 Å². The predicted octanol–water partition coefficient (Wildman–Crippen LogP) is 4.04. The van der Waals surface area contributed by atoms with Crippen LogP contribution in [0.3, 0.4) is 0 Å². The van der Waals surface area contributed by atoms with Gasteiger partial charge in [-0.25, -0.2) is 0 Å². The number of thiophene rings is 1. The molecule has 1 aliphatic rings. The Morgan fingerprint density at radius 2 is 1.86 bits per heavy atom. The fourth-order valence-corrected chi connectivity index (χ4v) is 4.03. The lowest BCUT2D eigenvalue weighted by Crippen LogP contribution is -2.49. The van der Waals surface area contributed by atoms with E-state index < -0.39 is 6.04 Å². The van der Waals surface area contributed by atoms with Gasteiger partial charge in [0.05, 0.1) is 4.88 Å². The van der Waals surface area contributed by atoms with Crippen LogP contribution >= 0.6 is 11.3 Å². The second kappa shape index (κ2) is 9.01. The van der Waals surface area contributed by atoms with Crippen molar-refractivity contribution in [3.8, 4) is 0 Å². The van der Waals surface area contributed by atoms with Crippen LogP contribution < -0.4 is 10.6 Å². The Hall–Kier alpha value is -2.67. The highest BCUT2D eigenvalue weighted by atomic mass is 32.1. The highest BCUT2D eigenvalue weighted by Gasteiger charge is 2.33. The van der Waals surface area contributed by atoms with E-state index in [4.69, 9.17) is 0 Å². The van der Waals surface area contributed by atoms with Crippen LogP contribution in [0.1, 0.15) is 47.8 Å². The third kappa shape index (κ3) is 4.42. The molecule has 2 aromatic rings. The van der Waals surface area contributed by atoms with E-state index in [2.05, 4.69) is 10.6 Å². The van der Waals surface area contributed by atoms with E-state index in [9.17, 15) is 14.4 Å². The zero-order chi connectivity index (χ0) is 20.1. The molecule has 148 valence electrons. The molecule has 0 aliphatic carbocycles. The van der Waals surface area contributed by atoms with Crippen molar-refractivity contribution in [2.75, 3.05) is 17.2 Å². The molecule has 1 aromatic heterocycles. The Bertz CT molecular complexity index is 864. The van der Waals surface area contributed by atoms with E-state index in [1.165, 1.54) is 11.3 Å². The number of hydrogen-bond donors (Lipinski definition) is 2. The van der Waals surface area contributed by atoms with Gasteiger partial charge in [-0.15, -0.1) is 11.3 Å². The lowest BCUT2D eigenvalue weighted by Gasteiger charge is -2.34. The van der Waals surface area contributed by atoms with Crippen molar-refractivity contribution in [2.24, 2.45) is 0 Å². The predicted molar refractivity (Wildman–Crippen MR) is 112 cm³/mol. The van der Waals surface area contributed by atoms with Crippen LogP contribution in [0.4, 0.5) is 11.4 Å². The van der Waals surface area contributed by atoms with Crippen LogP contribution in [-0.2, 0) is 9.59 Å². The molecular weight excluding hydrogens is 374 g/mol. The minimum atomic E-state index is -0.489. The van der Waals surface area contributed by atoms with Crippen LogP contribution in [0.5, 0.6) is 0 Å². The molecule has 0 saturated carbocycles. The summed E-state index contributed by atoms with van der Waals surface area (Å²) >= 11 is 1.39. The highest BCUT2D eigenvalue weighted by Crippen LogP contribution is 2.26. The molecule has 1 aromatic carbocycles. The Kier molecular flexibility index (Phi) is 6.46. The fraction of sp³-hybridized carbons (Fsp3) is 0.381. The molecule has 28 heavy (non-hydrogen) atoms. The standard InChI is InChI=1S/C21H25N3O3S/c1-3-19(25)22-15-8-6-9-16(14(15)2)23-20(26)17-10-4-5-12-24(17)21(27)18-11-7-13-28-18/h6-9,11,13,17H,3-5,10,12H2,1-2H3,(H,22,25)(H,23,26)/t17-/m1/s1. The molecule has 0 spiro atoms. The maximum atomic E-state index is 13.0. The molecule has 0 bridgehead atoms. The molecule has 2 heterocycles. The third-order valence-corrected chi connectivity index (χ3v) is 5.84. The zero-order valence-corrected chi connectivity index (χ0v) is 17.0. The largest absolute Gasteiger partial charge is 0.326 e. The van der Waals surface area contributed by atoms with E-state index in [0.29, 0.717) is 35.6 Å². The van der Waals surface area contributed by atoms with Crippen molar-refractivity contribution >= 4 is 40.4 Å². The topological polar surface area (TPSA) is 78.5 Å². The van der Waals surface area contributed by atoms with Gasteiger partial charge in [-0.05, 0) is 55.3 Å². The second-order valence-electron chi connectivity index (χ2n) is 6.86. The van der Waals surface area contributed by atoms with Crippen molar-refractivity contribution in [1.82, 2.24) is 4.90 Å². The first kappa shape index (κ1) is 20.1. The van der Waals surface area contributed by atoms with E-state index in [-0.39, 0.29) is 17.7 Å². The van der Waals surface area contributed by atoms with Gasteiger partial charge in [0, 0.05) is 24.3 Å². The van der Waals surface area contributed by atoms with Gasteiger partial charge in [-0.3, -0.25) is 14.4 Å². The average Bonchev–Trinajstić information content (AvgIpc) is 3.25. The molecule has 1 aliphatic heterocycles. The second-order valence-corrected chi connectivity index (χ2v) is 7.80. The van der Waals surface area contributed by atoms with Crippen molar-refractivity contribution in [2.45, 2.75) is 45.6 Å². The SMILES string of the molecule is CCC(=O)Nc1cccc(NC(=O)[C@H]2CCCCN2C(=O)c2cccs2)c1C. The summed E-state index contributed by atoms with van der Waals surface area (Å²) in [5.74, 6) is -0.353. The van der Waals surface area contributed by atoms with Crippen LogP contribution in [-0.4, -0.2) is 35.2 Å². The first-order valence-electron chi connectivity index (χ1n) is 9.56. The summed E-state index contributed by atoms with van der Waals surface area (Å²) < 4.78 is 0. The molecule has 0 radical (unpaired) electrons. The monoisotopic (exact) mass is 399 g/mol. The minimum Gasteiger partial charge on any atom is -0.326 e. The van der Waals surface area contributed by atoms with Crippen molar-refractivity contribution < 1.29 is 14.4 Å². The minimum absolute atomic E-state index is 0.0772. The van der Waals surface area contributed by atoms with Gasteiger partial charge < -0.3 is 15.5 Å². The summed E-state index contributed by atoms with van der Waals surface area (Å²) in [5.41, 5.74) is 2.12. The zero-order valence-electron chi connectivity index (χ0n) is 16.2. The van der Waals surface area contributed by atoms with Gasteiger partial charge >= 0.3 is 0 Å². The maximum absolute atomic E-state index is 13.0. The van der Waals surface area contributed by atoms with Gasteiger partial charge in [-0.2, -0.15) is 0 Å². The molecule has 1 atom stereocenters. The van der Waals surface area contributed by atoms with Gasteiger partial charge in [0.15, 0.2) is 0 Å². The number of nitrogens with zero attached hydrogens (tertiary/aromatic N) is 1. The molecular formula is C21H25N3O3S. The highest BCUT2D eigenvalue weighted by molar-refractivity contribution is 7.12. The van der Waals surface area contributed by atoms with E-state index in [0.717, 1.165) is 18.4 Å². The van der Waals surface area contributed by atoms with Crippen molar-refractivity contribution in [1.29, 1.82) is 0 Å². The Morgan fingerprint density at radius 1 is 1.11 bits per heavy atom. The summed E-state index contributed by atoms with van der Waals surface area (Å²) in [6.45, 7) is 4.23. The quantitative estimate of drug-likeness (QED) is 0.796. The number of anilines is 2. The Labute approximate surface area is 168 Å². The molecule has 7 heteroatoms. The molecule has 0 unspecified atom stereocenters. The average molecular weight is 400 g/mol. The van der Waals surface area contributed by atoms with Gasteiger partial charge in [-0.1, -0.05) is 19.1 Å². The number of nitrogens with one attached hydrogen (secondary N) is 2. The number of benzene rings is 1.